The monoisotopic (exact) mass is 560 g/mol. The van der Waals surface area contributed by atoms with Crippen molar-refractivity contribution in [2.45, 2.75) is 50.6 Å². The molecule has 12 heteroatoms. The Morgan fingerprint density at radius 2 is 1.68 bits per heavy atom. The van der Waals surface area contributed by atoms with E-state index in [1.807, 2.05) is 0 Å². The minimum absolute atomic E-state index is 0.0897. The minimum Gasteiger partial charge on any atom is -0.490 e. The number of amides is 2. The number of unbranched alkanes of at least 4 members (excludes halogenated alkanes) is 1. The molecular formula is C28H42N5O7+. The summed E-state index contributed by atoms with van der Waals surface area (Å²) in [5, 5.41) is 5.24. The molecule has 0 radical (unpaired) electrons. The third kappa shape index (κ3) is 12.9. The van der Waals surface area contributed by atoms with Gasteiger partial charge in [-0.2, -0.15) is 0 Å². The molecule has 220 valence electrons. The van der Waals surface area contributed by atoms with E-state index in [2.05, 4.69) is 28.8 Å². The van der Waals surface area contributed by atoms with Crippen LogP contribution in [0.1, 0.15) is 37.7 Å². The van der Waals surface area contributed by atoms with Crippen LogP contribution in [0, 0.1) is 5.92 Å². The highest BCUT2D eigenvalue weighted by Gasteiger charge is 2.30. The fourth-order valence-electron chi connectivity index (χ4n) is 3.83. The van der Waals surface area contributed by atoms with Crippen LogP contribution in [0.15, 0.2) is 49.6 Å². The number of carbonyl (C=O) groups excluding carboxylic acids is 4. The van der Waals surface area contributed by atoms with Crippen molar-refractivity contribution in [3.63, 3.8) is 0 Å². The predicted molar refractivity (Wildman–Crippen MR) is 150 cm³/mol. The van der Waals surface area contributed by atoms with Gasteiger partial charge >= 0.3 is 18.0 Å². The largest absolute Gasteiger partial charge is 0.490 e. The second-order valence-electron chi connectivity index (χ2n) is 8.99. The summed E-state index contributed by atoms with van der Waals surface area (Å²) >= 11 is 0. The van der Waals surface area contributed by atoms with E-state index >= 15 is 0 Å². The summed E-state index contributed by atoms with van der Waals surface area (Å²) < 4.78 is 15.0. The van der Waals surface area contributed by atoms with E-state index in [1.165, 1.54) is 20.3 Å². The number of ketones is 1. The lowest BCUT2D eigenvalue weighted by Crippen LogP contribution is -2.78. The molecule has 1 rings (SSSR count). The Balaban J connectivity index is 3.09. The molecule has 0 saturated heterocycles. The molecule has 1 aromatic carbocycles. The van der Waals surface area contributed by atoms with E-state index in [0.717, 1.165) is 5.56 Å². The van der Waals surface area contributed by atoms with Gasteiger partial charge in [-0.05, 0) is 49.8 Å². The average molecular weight is 561 g/mol. The first-order valence-corrected chi connectivity index (χ1v) is 13.0. The van der Waals surface area contributed by atoms with Crippen LogP contribution in [0.4, 0.5) is 4.79 Å². The molecular weight excluding hydrogens is 518 g/mol. The lowest BCUT2D eigenvalue weighted by Gasteiger charge is -2.23. The summed E-state index contributed by atoms with van der Waals surface area (Å²) in [7, 11) is 2.42. The third-order valence-electron chi connectivity index (χ3n) is 5.93. The molecule has 0 bridgehead atoms. The van der Waals surface area contributed by atoms with Gasteiger partial charge in [0.25, 0.3) is 0 Å². The predicted octanol–water partition coefficient (Wildman–Crippen LogP) is -0.148. The molecule has 0 spiro atoms. The molecule has 7 N–H and O–H groups in total. The SMILES string of the molecule is C=CCOc1ccc(C[C@H](NC(=O)OC)C(=O)C[C@@H](CCCC[NH+]=C(N)N)C(=O)N[C@@H](CC=C)C(=O)OC)cc1. The molecule has 0 heterocycles. The number of ether oxygens (including phenoxy) is 3. The number of esters is 1. The zero-order chi connectivity index (χ0) is 29.9. The van der Waals surface area contributed by atoms with Crippen molar-refractivity contribution in [2.75, 3.05) is 27.4 Å². The Morgan fingerprint density at radius 3 is 2.25 bits per heavy atom. The second kappa shape index (κ2) is 18.8. The van der Waals surface area contributed by atoms with Crippen LogP contribution in [0.3, 0.4) is 0 Å². The van der Waals surface area contributed by atoms with E-state index in [9.17, 15) is 19.2 Å². The fourth-order valence-corrected chi connectivity index (χ4v) is 3.83. The summed E-state index contributed by atoms with van der Waals surface area (Å²) in [5.41, 5.74) is 11.6. The molecule has 0 aliphatic rings. The van der Waals surface area contributed by atoms with Crippen molar-refractivity contribution in [2.24, 2.45) is 17.4 Å². The summed E-state index contributed by atoms with van der Waals surface area (Å²) in [4.78, 5) is 53.7. The maximum absolute atomic E-state index is 13.5. The van der Waals surface area contributed by atoms with E-state index in [-0.39, 0.29) is 31.0 Å². The number of guanidine groups is 1. The van der Waals surface area contributed by atoms with Gasteiger partial charge < -0.3 is 24.8 Å². The van der Waals surface area contributed by atoms with Crippen molar-refractivity contribution in [1.29, 1.82) is 0 Å². The fraction of sp³-hybridized carbons (Fsp3) is 0.464. The molecule has 0 fully saturated rings. The number of methoxy groups -OCH3 is 2. The highest BCUT2D eigenvalue weighted by molar-refractivity contribution is 5.93. The van der Waals surface area contributed by atoms with Crippen LogP contribution >= 0.6 is 0 Å². The van der Waals surface area contributed by atoms with E-state index in [4.69, 9.17) is 25.7 Å². The summed E-state index contributed by atoms with van der Waals surface area (Å²) in [6.45, 7) is 8.07. The number of benzene rings is 1. The van der Waals surface area contributed by atoms with E-state index in [0.29, 0.717) is 38.2 Å². The van der Waals surface area contributed by atoms with Crippen molar-refractivity contribution < 1.29 is 38.4 Å². The van der Waals surface area contributed by atoms with Gasteiger partial charge in [-0.25, -0.2) is 9.59 Å². The van der Waals surface area contributed by atoms with Gasteiger partial charge in [0.15, 0.2) is 5.78 Å². The quantitative estimate of drug-likeness (QED) is 0.0504. The number of hydrogen-bond donors (Lipinski definition) is 5. The Morgan fingerprint density at radius 1 is 0.975 bits per heavy atom. The second-order valence-corrected chi connectivity index (χ2v) is 8.99. The number of alkyl carbamates (subject to hydrolysis) is 1. The highest BCUT2D eigenvalue weighted by atomic mass is 16.5. The molecule has 0 aliphatic carbocycles. The van der Waals surface area contributed by atoms with Crippen molar-refractivity contribution in [3.05, 3.63) is 55.1 Å². The maximum Gasteiger partial charge on any atom is 0.407 e. The van der Waals surface area contributed by atoms with Crippen LogP contribution < -0.4 is 31.8 Å². The van der Waals surface area contributed by atoms with Crippen LogP contribution in [-0.4, -0.2) is 69.2 Å². The van der Waals surface area contributed by atoms with Gasteiger partial charge in [0.1, 0.15) is 18.4 Å². The standard InChI is InChI=1S/C28H41N5O7/c1-5-9-22(26(36)38-3)32-25(35)20(10-7-8-15-31-27(29)30)18-24(34)23(33-28(37)39-4)17-19-11-13-21(14-12-19)40-16-6-2/h5-6,11-14,20,22-23H,1-2,7-10,15-18H2,3-4H3,(H,32,35)(H,33,37)(H4,29,30,31)/p+1/t20-,22+,23+/m1/s1. The molecule has 2 amide bonds. The van der Waals surface area contributed by atoms with Crippen molar-refractivity contribution >= 4 is 29.7 Å². The van der Waals surface area contributed by atoms with Crippen LogP contribution in [0.2, 0.25) is 0 Å². The molecule has 12 nitrogen and oxygen atoms in total. The molecule has 0 aromatic heterocycles. The first kappa shape index (κ1) is 33.7. The van der Waals surface area contributed by atoms with E-state index < -0.39 is 36.0 Å². The molecule has 0 saturated carbocycles. The van der Waals surface area contributed by atoms with Crippen LogP contribution in [0.25, 0.3) is 0 Å². The zero-order valence-corrected chi connectivity index (χ0v) is 23.3. The van der Waals surface area contributed by atoms with Crippen LogP contribution in [0.5, 0.6) is 5.75 Å². The number of rotatable bonds is 19. The summed E-state index contributed by atoms with van der Waals surface area (Å²) in [6, 6.07) is 5.17. The maximum atomic E-state index is 13.5. The number of hydrogen-bond acceptors (Lipinski definition) is 7. The number of nitrogens with one attached hydrogen (secondary N) is 3. The van der Waals surface area contributed by atoms with Gasteiger partial charge in [0.05, 0.1) is 26.8 Å². The first-order valence-electron chi connectivity index (χ1n) is 13.0. The van der Waals surface area contributed by atoms with Gasteiger partial charge in [-0.3, -0.25) is 26.0 Å². The summed E-state index contributed by atoms with van der Waals surface area (Å²) in [6.07, 6.45) is 4.03. The smallest absolute Gasteiger partial charge is 0.407 e. The average Bonchev–Trinajstić information content (AvgIpc) is 2.94. The molecule has 1 aromatic rings. The lowest BCUT2D eigenvalue weighted by molar-refractivity contribution is -0.459. The van der Waals surface area contributed by atoms with Crippen molar-refractivity contribution in [3.8, 4) is 5.75 Å². The molecule has 0 aliphatic heterocycles. The van der Waals surface area contributed by atoms with Gasteiger partial charge in [0, 0.05) is 12.3 Å². The lowest BCUT2D eigenvalue weighted by atomic mass is 9.90. The van der Waals surface area contributed by atoms with Gasteiger partial charge in [-0.15, -0.1) is 6.58 Å². The zero-order valence-electron chi connectivity index (χ0n) is 23.3. The molecule has 0 unspecified atom stereocenters. The Kier molecular flexibility index (Phi) is 15.9. The Bertz CT molecular complexity index is 1020. The Hall–Kier alpha value is -4.35. The minimum atomic E-state index is -0.958. The first-order chi connectivity index (χ1) is 19.1. The highest BCUT2D eigenvalue weighted by Crippen LogP contribution is 2.19. The number of carbonyl (C=O) groups is 4. The third-order valence-corrected chi connectivity index (χ3v) is 5.93. The molecule has 40 heavy (non-hydrogen) atoms. The van der Waals surface area contributed by atoms with Crippen LogP contribution in [-0.2, 0) is 30.3 Å². The normalized spacial score (nSPS) is 12.6. The topological polar surface area (TPSA) is 186 Å². The van der Waals surface area contributed by atoms with Gasteiger partial charge in [-0.1, -0.05) is 30.9 Å². The summed E-state index contributed by atoms with van der Waals surface area (Å²) in [5.74, 6) is -1.53. The van der Waals surface area contributed by atoms with Gasteiger partial charge in [0.2, 0.25) is 5.91 Å². The number of Topliss-reactive ketones (excluding diaryl/α,β-unsaturated/α-hetero) is 1. The molecule has 3 atom stereocenters. The Labute approximate surface area is 235 Å². The van der Waals surface area contributed by atoms with E-state index in [1.54, 1.807) is 30.3 Å². The van der Waals surface area contributed by atoms with Crippen molar-refractivity contribution in [1.82, 2.24) is 10.6 Å². The number of nitrogens with two attached hydrogens (primary N) is 2.